The lowest BCUT2D eigenvalue weighted by Gasteiger charge is -2.26. The molecule has 0 aromatic heterocycles. The highest BCUT2D eigenvalue weighted by Gasteiger charge is 2.40. The van der Waals surface area contributed by atoms with E-state index in [1.807, 2.05) is 0 Å². The van der Waals surface area contributed by atoms with Crippen molar-refractivity contribution in [1.82, 2.24) is 10.2 Å². The largest absolute Gasteiger partial charge is 0.401 e. The number of halogens is 3. The molecule has 15 heavy (non-hydrogen) atoms. The molecule has 2 aliphatic heterocycles. The summed E-state index contributed by atoms with van der Waals surface area (Å²) in [6, 6.07) is 1.03. The molecular weight excluding hydrogens is 205 g/mol. The second-order valence-corrected chi connectivity index (χ2v) is 4.86. The predicted octanol–water partition coefficient (Wildman–Crippen LogP) is 1.62. The first-order chi connectivity index (χ1) is 6.94. The van der Waals surface area contributed by atoms with Crippen LogP contribution >= 0.6 is 0 Å². The molecule has 0 amide bonds. The molecule has 2 rings (SSSR count). The van der Waals surface area contributed by atoms with Crippen LogP contribution in [0.25, 0.3) is 0 Å². The van der Waals surface area contributed by atoms with E-state index in [4.69, 9.17) is 0 Å². The van der Waals surface area contributed by atoms with Gasteiger partial charge in [0.15, 0.2) is 0 Å². The fourth-order valence-corrected chi connectivity index (χ4v) is 2.91. The van der Waals surface area contributed by atoms with Gasteiger partial charge in [-0.1, -0.05) is 0 Å². The highest BCUT2D eigenvalue weighted by Crippen LogP contribution is 2.33. The van der Waals surface area contributed by atoms with E-state index in [-0.39, 0.29) is 0 Å². The molecular formula is C10H17F3N2. The second-order valence-electron chi connectivity index (χ2n) is 4.86. The third-order valence-corrected chi connectivity index (χ3v) is 3.43. The van der Waals surface area contributed by atoms with E-state index in [0.29, 0.717) is 24.5 Å². The van der Waals surface area contributed by atoms with Crippen molar-refractivity contribution >= 4 is 0 Å². The van der Waals surface area contributed by atoms with Crippen LogP contribution in [-0.2, 0) is 0 Å². The van der Waals surface area contributed by atoms with Gasteiger partial charge < -0.3 is 5.32 Å². The first-order valence-electron chi connectivity index (χ1n) is 5.45. The van der Waals surface area contributed by atoms with Crippen molar-refractivity contribution in [3.63, 3.8) is 0 Å². The zero-order valence-corrected chi connectivity index (χ0v) is 8.85. The van der Waals surface area contributed by atoms with E-state index < -0.39 is 12.7 Å². The molecule has 0 aromatic rings. The minimum atomic E-state index is -4.07. The Hall–Kier alpha value is -0.290. The van der Waals surface area contributed by atoms with Gasteiger partial charge in [0, 0.05) is 18.6 Å². The maximum absolute atomic E-state index is 12.1. The zero-order valence-electron chi connectivity index (χ0n) is 8.85. The van der Waals surface area contributed by atoms with Crippen molar-refractivity contribution in [2.24, 2.45) is 5.92 Å². The fourth-order valence-electron chi connectivity index (χ4n) is 2.91. The standard InChI is InChI=1S/C10H17F3N2/c1-15(6-10(11,12)13)5-7-4-8-2-3-9(7)14-8/h7-9,14H,2-6H2,1H3. The van der Waals surface area contributed by atoms with Crippen LogP contribution < -0.4 is 5.32 Å². The molecule has 3 unspecified atom stereocenters. The highest BCUT2D eigenvalue weighted by molar-refractivity contribution is 4.98. The van der Waals surface area contributed by atoms with Crippen LogP contribution in [-0.4, -0.2) is 43.3 Å². The molecule has 3 atom stereocenters. The average molecular weight is 222 g/mol. The van der Waals surface area contributed by atoms with Gasteiger partial charge in [0.2, 0.25) is 0 Å². The second kappa shape index (κ2) is 3.94. The molecule has 0 radical (unpaired) electrons. The Kier molecular flexibility index (Phi) is 2.94. The monoisotopic (exact) mass is 222 g/mol. The molecule has 5 heteroatoms. The Balaban J connectivity index is 1.77. The Morgan fingerprint density at radius 1 is 1.33 bits per heavy atom. The molecule has 2 fully saturated rings. The van der Waals surface area contributed by atoms with Crippen molar-refractivity contribution in [1.29, 1.82) is 0 Å². The Labute approximate surface area is 87.8 Å². The average Bonchev–Trinajstić information content (AvgIpc) is 2.60. The lowest BCUT2D eigenvalue weighted by molar-refractivity contribution is -0.144. The van der Waals surface area contributed by atoms with E-state index in [9.17, 15) is 13.2 Å². The number of nitrogens with zero attached hydrogens (tertiary/aromatic N) is 1. The maximum Gasteiger partial charge on any atom is 0.401 e. The van der Waals surface area contributed by atoms with Crippen LogP contribution in [0, 0.1) is 5.92 Å². The minimum absolute atomic E-state index is 0.413. The summed E-state index contributed by atoms with van der Waals surface area (Å²) in [5.74, 6) is 0.413. The predicted molar refractivity (Wildman–Crippen MR) is 51.6 cm³/mol. The molecule has 2 heterocycles. The van der Waals surface area contributed by atoms with E-state index >= 15 is 0 Å². The molecule has 2 saturated heterocycles. The molecule has 0 spiro atoms. The summed E-state index contributed by atoms with van der Waals surface area (Å²) in [4.78, 5) is 1.40. The highest BCUT2D eigenvalue weighted by atomic mass is 19.4. The van der Waals surface area contributed by atoms with Crippen LogP contribution in [0.1, 0.15) is 19.3 Å². The van der Waals surface area contributed by atoms with Gasteiger partial charge in [-0.25, -0.2) is 0 Å². The summed E-state index contributed by atoms with van der Waals surface area (Å²) >= 11 is 0. The molecule has 88 valence electrons. The number of hydrogen-bond donors (Lipinski definition) is 1. The number of nitrogens with one attached hydrogen (secondary N) is 1. The summed E-state index contributed by atoms with van der Waals surface area (Å²) in [5, 5.41) is 3.44. The lowest BCUT2D eigenvalue weighted by atomic mass is 9.89. The molecule has 0 aromatic carbocycles. The molecule has 1 N–H and O–H groups in total. The molecule has 2 nitrogen and oxygen atoms in total. The molecule has 0 aliphatic carbocycles. The van der Waals surface area contributed by atoms with Gasteiger partial charge in [0.1, 0.15) is 0 Å². The third-order valence-electron chi connectivity index (χ3n) is 3.43. The smallest absolute Gasteiger partial charge is 0.311 e. The van der Waals surface area contributed by atoms with Crippen LogP contribution in [0.5, 0.6) is 0 Å². The van der Waals surface area contributed by atoms with Gasteiger partial charge in [0.05, 0.1) is 6.54 Å². The van der Waals surface area contributed by atoms with Crippen molar-refractivity contribution < 1.29 is 13.2 Å². The summed E-state index contributed by atoms with van der Waals surface area (Å²) in [6.45, 7) is -0.228. The lowest BCUT2D eigenvalue weighted by Crippen LogP contribution is -2.38. The third kappa shape index (κ3) is 2.84. The van der Waals surface area contributed by atoms with Crippen molar-refractivity contribution in [3.8, 4) is 0 Å². The molecule has 2 bridgehead atoms. The van der Waals surface area contributed by atoms with E-state index in [1.54, 1.807) is 7.05 Å². The molecule has 2 aliphatic rings. The molecule has 0 saturated carbocycles. The summed E-state index contributed by atoms with van der Waals surface area (Å²) in [7, 11) is 1.56. The number of fused-ring (bicyclic) bond motifs is 2. The topological polar surface area (TPSA) is 15.3 Å². The van der Waals surface area contributed by atoms with Gasteiger partial charge in [-0.15, -0.1) is 0 Å². The minimum Gasteiger partial charge on any atom is -0.311 e. The van der Waals surface area contributed by atoms with E-state index in [0.717, 1.165) is 12.8 Å². The van der Waals surface area contributed by atoms with Crippen LogP contribution in [0.3, 0.4) is 0 Å². The van der Waals surface area contributed by atoms with E-state index in [1.165, 1.54) is 11.3 Å². The summed E-state index contributed by atoms with van der Waals surface area (Å²) in [6.07, 6.45) is -0.688. The van der Waals surface area contributed by atoms with Gasteiger partial charge in [0.25, 0.3) is 0 Å². The van der Waals surface area contributed by atoms with Crippen molar-refractivity contribution in [2.45, 2.75) is 37.5 Å². The van der Waals surface area contributed by atoms with Gasteiger partial charge in [-0.3, -0.25) is 4.90 Å². The zero-order chi connectivity index (χ0) is 11.1. The normalized spacial score (nSPS) is 35.4. The fraction of sp³-hybridized carbons (Fsp3) is 1.00. The Morgan fingerprint density at radius 2 is 2.07 bits per heavy atom. The SMILES string of the molecule is CN(CC1CC2CCC1N2)CC(F)(F)F. The number of hydrogen-bond acceptors (Lipinski definition) is 2. The first kappa shape index (κ1) is 11.2. The first-order valence-corrected chi connectivity index (χ1v) is 5.45. The van der Waals surface area contributed by atoms with Gasteiger partial charge in [-0.2, -0.15) is 13.2 Å². The van der Waals surface area contributed by atoms with E-state index in [2.05, 4.69) is 5.32 Å². The van der Waals surface area contributed by atoms with Crippen LogP contribution in [0.2, 0.25) is 0 Å². The quantitative estimate of drug-likeness (QED) is 0.780. The van der Waals surface area contributed by atoms with Gasteiger partial charge >= 0.3 is 6.18 Å². The van der Waals surface area contributed by atoms with Gasteiger partial charge in [-0.05, 0) is 32.2 Å². The summed E-state index contributed by atoms with van der Waals surface area (Å²) in [5.41, 5.74) is 0. The number of alkyl halides is 3. The number of rotatable bonds is 3. The summed E-state index contributed by atoms with van der Waals surface area (Å²) < 4.78 is 36.3. The van der Waals surface area contributed by atoms with Crippen molar-refractivity contribution in [2.75, 3.05) is 20.1 Å². The Bertz CT molecular complexity index is 229. The van der Waals surface area contributed by atoms with Crippen molar-refractivity contribution in [3.05, 3.63) is 0 Å². The van der Waals surface area contributed by atoms with Crippen LogP contribution in [0.15, 0.2) is 0 Å². The Morgan fingerprint density at radius 3 is 2.53 bits per heavy atom. The van der Waals surface area contributed by atoms with Crippen LogP contribution in [0.4, 0.5) is 13.2 Å². The maximum atomic E-state index is 12.1.